The van der Waals surface area contributed by atoms with Gasteiger partial charge in [-0.05, 0) is 24.8 Å². The fraction of sp³-hybridized carbons (Fsp3) is 0.429. The quantitative estimate of drug-likeness (QED) is 0.730. The first-order valence-electron chi connectivity index (χ1n) is 5.86. The highest BCUT2D eigenvalue weighted by Crippen LogP contribution is 2.36. The number of rotatable bonds is 2. The first kappa shape index (κ1) is 10.4. The zero-order valence-electron chi connectivity index (χ0n) is 9.15. The van der Waals surface area contributed by atoms with Gasteiger partial charge >= 0.3 is 0 Å². The van der Waals surface area contributed by atoms with Crippen molar-refractivity contribution < 1.29 is 0 Å². The molecule has 1 nitrogen and oxygen atoms in total. The molecular formula is C14H19N. The van der Waals surface area contributed by atoms with Crippen molar-refractivity contribution in [2.75, 3.05) is 6.54 Å². The van der Waals surface area contributed by atoms with Gasteiger partial charge in [-0.25, -0.2) is 0 Å². The molecule has 2 rings (SSSR count). The third kappa shape index (κ3) is 2.48. The molecule has 1 aliphatic carbocycles. The average Bonchev–Trinajstić information content (AvgIpc) is 2.31. The fourth-order valence-electron chi connectivity index (χ4n) is 2.50. The summed E-state index contributed by atoms with van der Waals surface area (Å²) in [5.74, 6) is 0.628. The van der Waals surface area contributed by atoms with Crippen LogP contribution in [0.15, 0.2) is 42.0 Å². The largest absolute Gasteiger partial charge is 0.327 e. The Kier molecular flexibility index (Phi) is 3.57. The highest BCUT2D eigenvalue weighted by Gasteiger charge is 2.19. The molecule has 0 bridgehead atoms. The fourth-order valence-corrected chi connectivity index (χ4v) is 2.50. The van der Waals surface area contributed by atoms with Crippen LogP contribution in [0.4, 0.5) is 0 Å². The van der Waals surface area contributed by atoms with Gasteiger partial charge in [-0.1, -0.05) is 48.4 Å². The van der Waals surface area contributed by atoms with Gasteiger partial charge in [0, 0.05) is 12.5 Å². The van der Waals surface area contributed by atoms with Crippen molar-refractivity contribution >= 4 is 0 Å². The Morgan fingerprint density at radius 2 is 2.00 bits per heavy atom. The highest BCUT2D eigenvalue weighted by molar-refractivity contribution is 5.30. The molecule has 0 radical (unpaired) electrons. The van der Waals surface area contributed by atoms with Crippen LogP contribution in [-0.2, 0) is 0 Å². The van der Waals surface area contributed by atoms with Crippen LogP contribution in [0.2, 0.25) is 0 Å². The minimum Gasteiger partial charge on any atom is -0.327 e. The van der Waals surface area contributed by atoms with E-state index in [-0.39, 0.29) is 0 Å². The zero-order valence-corrected chi connectivity index (χ0v) is 9.15. The summed E-state index contributed by atoms with van der Waals surface area (Å²) >= 11 is 0. The van der Waals surface area contributed by atoms with Crippen molar-refractivity contribution in [3.8, 4) is 0 Å². The van der Waals surface area contributed by atoms with Crippen LogP contribution in [0.1, 0.15) is 37.2 Å². The Balaban J connectivity index is 2.22. The van der Waals surface area contributed by atoms with Crippen molar-refractivity contribution in [1.82, 2.24) is 0 Å². The number of allylic oxidation sites excluding steroid dienone is 1. The lowest BCUT2D eigenvalue weighted by Crippen LogP contribution is -2.10. The Morgan fingerprint density at radius 1 is 1.20 bits per heavy atom. The predicted octanol–water partition coefficient (Wildman–Crippen LogP) is 3.23. The Hall–Kier alpha value is -1.08. The van der Waals surface area contributed by atoms with E-state index in [4.69, 9.17) is 5.73 Å². The molecule has 1 aromatic carbocycles. The number of nitrogens with two attached hydrogens (primary N) is 1. The zero-order chi connectivity index (χ0) is 10.5. The molecule has 1 unspecified atom stereocenters. The predicted molar refractivity (Wildman–Crippen MR) is 64.8 cm³/mol. The lowest BCUT2D eigenvalue weighted by atomic mass is 9.79. The molecule has 15 heavy (non-hydrogen) atoms. The summed E-state index contributed by atoms with van der Waals surface area (Å²) in [7, 11) is 0. The Bertz CT molecular complexity index is 326. The van der Waals surface area contributed by atoms with E-state index in [0.717, 1.165) is 0 Å². The summed E-state index contributed by atoms with van der Waals surface area (Å²) in [5, 5.41) is 0. The number of hydrogen-bond donors (Lipinski definition) is 1. The molecule has 1 atom stereocenters. The van der Waals surface area contributed by atoms with Gasteiger partial charge in [0.2, 0.25) is 0 Å². The van der Waals surface area contributed by atoms with Gasteiger partial charge in [-0.2, -0.15) is 0 Å². The Labute approximate surface area is 92.0 Å². The van der Waals surface area contributed by atoms with Crippen LogP contribution in [0, 0.1) is 0 Å². The SMILES string of the molecule is NC/C=C1/CCCCC1c1ccccc1. The van der Waals surface area contributed by atoms with Crippen LogP contribution >= 0.6 is 0 Å². The van der Waals surface area contributed by atoms with E-state index in [2.05, 4.69) is 36.4 Å². The molecular weight excluding hydrogens is 182 g/mol. The van der Waals surface area contributed by atoms with Gasteiger partial charge in [-0.15, -0.1) is 0 Å². The number of benzene rings is 1. The maximum absolute atomic E-state index is 5.62. The molecule has 0 heterocycles. The first-order chi connectivity index (χ1) is 7.42. The van der Waals surface area contributed by atoms with E-state index < -0.39 is 0 Å². The van der Waals surface area contributed by atoms with Crippen LogP contribution in [-0.4, -0.2) is 6.54 Å². The van der Waals surface area contributed by atoms with E-state index in [1.54, 1.807) is 5.57 Å². The molecule has 0 amide bonds. The normalized spacial score (nSPS) is 24.3. The highest BCUT2D eigenvalue weighted by atomic mass is 14.5. The topological polar surface area (TPSA) is 26.0 Å². The van der Waals surface area contributed by atoms with Crippen LogP contribution < -0.4 is 5.73 Å². The molecule has 1 saturated carbocycles. The molecule has 0 spiro atoms. The van der Waals surface area contributed by atoms with Crippen molar-refractivity contribution in [2.24, 2.45) is 5.73 Å². The van der Waals surface area contributed by atoms with Crippen molar-refractivity contribution in [1.29, 1.82) is 0 Å². The molecule has 0 aliphatic heterocycles. The summed E-state index contributed by atoms with van der Waals surface area (Å²) in [4.78, 5) is 0. The van der Waals surface area contributed by atoms with Crippen LogP contribution in [0.3, 0.4) is 0 Å². The standard InChI is InChI=1S/C14H19N/c15-11-10-13-8-4-5-9-14(13)12-6-2-1-3-7-12/h1-3,6-7,10,14H,4-5,8-9,11,15H2/b13-10-. The summed E-state index contributed by atoms with van der Waals surface area (Å²) in [5.41, 5.74) is 8.63. The van der Waals surface area contributed by atoms with Gasteiger partial charge in [0.1, 0.15) is 0 Å². The maximum Gasteiger partial charge on any atom is 0.0109 e. The van der Waals surface area contributed by atoms with Crippen LogP contribution in [0.5, 0.6) is 0 Å². The second kappa shape index (κ2) is 5.13. The molecule has 1 fully saturated rings. The lowest BCUT2D eigenvalue weighted by Gasteiger charge is -2.26. The molecule has 0 saturated heterocycles. The van der Waals surface area contributed by atoms with Crippen molar-refractivity contribution in [2.45, 2.75) is 31.6 Å². The second-order valence-corrected chi connectivity index (χ2v) is 4.22. The molecule has 0 aromatic heterocycles. The van der Waals surface area contributed by atoms with Gasteiger partial charge in [0.05, 0.1) is 0 Å². The molecule has 2 N–H and O–H groups in total. The smallest absolute Gasteiger partial charge is 0.0109 e. The van der Waals surface area contributed by atoms with E-state index in [1.807, 2.05) is 0 Å². The average molecular weight is 201 g/mol. The number of hydrogen-bond acceptors (Lipinski definition) is 1. The third-order valence-electron chi connectivity index (χ3n) is 3.24. The maximum atomic E-state index is 5.62. The summed E-state index contributed by atoms with van der Waals surface area (Å²) in [6.07, 6.45) is 7.42. The van der Waals surface area contributed by atoms with Crippen molar-refractivity contribution in [3.63, 3.8) is 0 Å². The monoisotopic (exact) mass is 201 g/mol. The van der Waals surface area contributed by atoms with E-state index >= 15 is 0 Å². The summed E-state index contributed by atoms with van der Waals surface area (Å²) < 4.78 is 0. The third-order valence-corrected chi connectivity index (χ3v) is 3.24. The molecule has 80 valence electrons. The Morgan fingerprint density at radius 3 is 2.73 bits per heavy atom. The van der Waals surface area contributed by atoms with Gasteiger partial charge in [0.25, 0.3) is 0 Å². The van der Waals surface area contributed by atoms with E-state index in [1.165, 1.54) is 31.2 Å². The molecule has 1 aliphatic rings. The van der Waals surface area contributed by atoms with E-state index in [9.17, 15) is 0 Å². The minimum absolute atomic E-state index is 0.628. The van der Waals surface area contributed by atoms with Crippen LogP contribution in [0.25, 0.3) is 0 Å². The lowest BCUT2D eigenvalue weighted by molar-refractivity contribution is 0.539. The van der Waals surface area contributed by atoms with E-state index in [0.29, 0.717) is 12.5 Å². The van der Waals surface area contributed by atoms with Gasteiger partial charge in [0.15, 0.2) is 0 Å². The first-order valence-corrected chi connectivity index (χ1v) is 5.86. The van der Waals surface area contributed by atoms with Crippen molar-refractivity contribution in [3.05, 3.63) is 47.5 Å². The molecule has 1 aromatic rings. The summed E-state index contributed by atoms with van der Waals surface area (Å²) in [6, 6.07) is 10.8. The minimum atomic E-state index is 0.628. The van der Waals surface area contributed by atoms with Gasteiger partial charge in [-0.3, -0.25) is 0 Å². The second-order valence-electron chi connectivity index (χ2n) is 4.22. The summed E-state index contributed by atoms with van der Waals surface area (Å²) in [6.45, 7) is 0.679. The van der Waals surface area contributed by atoms with Gasteiger partial charge < -0.3 is 5.73 Å². The molecule has 1 heteroatoms.